The van der Waals surface area contributed by atoms with E-state index in [-0.39, 0.29) is 0 Å². The van der Waals surface area contributed by atoms with E-state index in [9.17, 15) is 4.79 Å². The number of fused-ring (bicyclic) bond motifs is 1. The quantitative estimate of drug-likeness (QED) is 0.709. The van der Waals surface area contributed by atoms with E-state index in [4.69, 9.17) is 5.73 Å². The molecule has 4 nitrogen and oxygen atoms in total. The third kappa shape index (κ3) is 1.84. The Morgan fingerprint density at radius 1 is 1.17 bits per heavy atom. The van der Waals surface area contributed by atoms with Gasteiger partial charge in [0.25, 0.3) is 0 Å². The number of rotatable bonds is 2. The van der Waals surface area contributed by atoms with Gasteiger partial charge in [-0.3, -0.25) is 4.79 Å². The number of pyridine rings is 1. The summed E-state index contributed by atoms with van der Waals surface area (Å²) in [5.74, 6) is -0.425. The summed E-state index contributed by atoms with van der Waals surface area (Å²) in [7, 11) is 0. The summed E-state index contributed by atoms with van der Waals surface area (Å²) in [6.45, 7) is 0. The number of thiazole rings is 1. The van der Waals surface area contributed by atoms with Gasteiger partial charge in [-0.15, -0.1) is 0 Å². The van der Waals surface area contributed by atoms with Crippen molar-refractivity contribution in [2.45, 2.75) is 0 Å². The summed E-state index contributed by atoms with van der Waals surface area (Å²) >= 11 is 1.60. The number of para-hydroxylation sites is 1. The van der Waals surface area contributed by atoms with Crippen molar-refractivity contribution in [2.75, 3.05) is 0 Å². The number of carbonyl (C=O) groups excluding carboxylic acids is 1. The van der Waals surface area contributed by atoms with Crippen LogP contribution in [-0.2, 0) is 0 Å². The Morgan fingerprint density at radius 2 is 1.89 bits per heavy atom. The maximum absolute atomic E-state index is 11.0. The molecule has 2 heterocycles. The Bertz CT molecular complexity index is 685. The minimum Gasteiger partial charge on any atom is -0.366 e. The Balaban J connectivity index is 2.06. The maximum Gasteiger partial charge on any atom is 0.388 e. The molecule has 0 spiro atoms. The fraction of sp³-hybridized carbons (Fsp3) is 0. The zero-order valence-corrected chi connectivity index (χ0v) is 10.2. The lowest BCUT2D eigenvalue weighted by molar-refractivity contribution is -0.595. The topological polar surface area (TPSA) is 59.9 Å². The van der Waals surface area contributed by atoms with E-state index in [1.54, 1.807) is 35.9 Å². The molecule has 0 fully saturated rings. The first-order valence-electron chi connectivity index (χ1n) is 5.41. The van der Waals surface area contributed by atoms with Crippen molar-refractivity contribution in [1.82, 2.24) is 4.98 Å². The van der Waals surface area contributed by atoms with E-state index >= 15 is 0 Å². The number of hydrogen-bond donors (Lipinski definition) is 1. The Hall–Kier alpha value is -2.27. The first-order chi connectivity index (χ1) is 8.74. The van der Waals surface area contributed by atoms with Crippen molar-refractivity contribution < 1.29 is 9.36 Å². The lowest BCUT2D eigenvalue weighted by Gasteiger charge is -1.94. The highest BCUT2D eigenvalue weighted by Gasteiger charge is 2.14. The molecule has 0 atom stereocenters. The lowest BCUT2D eigenvalue weighted by atomic mass is 10.2. The Kier molecular flexibility index (Phi) is 2.53. The van der Waals surface area contributed by atoms with Gasteiger partial charge in [0.15, 0.2) is 5.52 Å². The molecule has 88 valence electrons. The molecular formula is C13H10N3OS+. The van der Waals surface area contributed by atoms with E-state index in [0.29, 0.717) is 5.56 Å². The average molecular weight is 256 g/mol. The Morgan fingerprint density at radius 3 is 2.56 bits per heavy atom. The molecule has 3 rings (SSSR count). The first-order valence-corrected chi connectivity index (χ1v) is 6.23. The van der Waals surface area contributed by atoms with E-state index in [1.165, 1.54) is 0 Å². The van der Waals surface area contributed by atoms with E-state index in [2.05, 4.69) is 4.98 Å². The molecule has 0 aliphatic heterocycles. The predicted octanol–water partition coefficient (Wildman–Crippen LogP) is 1.67. The van der Waals surface area contributed by atoms with Gasteiger partial charge in [-0.25, -0.2) is 0 Å². The zero-order valence-electron chi connectivity index (χ0n) is 9.41. The van der Waals surface area contributed by atoms with Gasteiger partial charge in [-0.2, -0.15) is 4.57 Å². The molecule has 0 radical (unpaired) electrons. The molecule has 0 bridgehead atoms. The standard InChI is InChI=1S/C13H9N3OS/c14-12(17)9-5-7-16(8-6-9)13-15-10-3-1-2-4-11(10)18-13/h1-8H,(H-,14,17)/p+1. The second-order valence-electron chi connectivity index (χ2n) is 3.82. The van der Waals surface area contributed by atoms with Crippen LogP contribution in [0, 0.1) is 0 Å². The lowest BCUT2D eigenvalue weighted by Crippen LogP contribution is -2.29. The molecule has 1 amide bonds. The maximum atomic E-state index is 11.0. The molecular weight excluding hydrogens is 246 g/mol. The number of carbonyl (C=O) groups is 1. The van der Waals surface area contributed by atoms with E-state index in [1.807, 2.05) is 28.8 Å². The molecule has 2 aromatic heterocycles. The van der Waals surface area contributed by atoms with Crippen LogP contribution in [0.4, 0.5) is 0 Å². The van der Waals surface area contributed by atoms with Gasteiger partial charge in [0, 0.05) is 5.56 Å². The fourth-order valence-electron chi connectivity index (χ4n) is 1.69. The van der Waals surface area contributed by atoms with Crippen LogP contribution in [-0.4, -0.2) is 10.9 Å². The first kappa shape index (κ1) is 10.9. The van der Waals surface area contributed by atoms with Crippen molar-refractivity contribution >= 4 is 27.5 Å². The summed E-state index contributed by atoms with van der Waals surface area (Å²) in [5.41, 5.74) is 6.67. The van der Waals surface area contributed by atoms with Crippen molar-refractivity contribution in [3.05, 3.63) is 54.4 Å². The molecule has 1 aromatic carbocycles. The monoisotopic (exact) mass is 256 g/mol. The van der Waals surface area contributed by atoms with Gasteiger partial charge in [-0.05, 0) is 40.6 Å². The van der Waals surface area contributed by atoms with Crippen LogP contribution in [0.1, 0.15) is 10.4 Å². The number of hydrogen-bond acceptors (Lipinski definition) is 3. The van der Waals surface area contributed by atoms with Crippen molar-refractivity contribution in [2.24, 2.45) is 5.73 Å². The smallest absolute Gasteiger partial charge is 0.366 e. The second kappa shape index (κ2) is 4.19. The normalized spacial score (nSPS) is 10.7. The van der Waals surface area contributed by atoms with E-state index < -0.39 is 5.91 Å². The largest absolute Gasteiger partial charge is 0.388 e. The van der Waals surface area contributed by atoms with Crippen LogP contribution >= 0.6 is 11.3 Å². The highest BCUT2D eigenvalue weighted by Crippen LogP contribution is 2.21. The number of nitrogens with zero attached hydrogens (tertiary/aromatic N) is 2. The molecule has 0 aliphatic rings. The summed E-state index contributed by atoms with van der Waals surface area (Å²) in [6.07, 6.45) is 3.58. The van der Waals surface area contributed by atoms with Gasteiger partial charge in [0.2, 0.25) is 5.91 Å². The van der Waals surface area contributed by atoms with Crippen LogP contribution in [0.3, 0.4) is 0 Å². The highest BCUT2D eigenvalue weighted by molar-refractivity contribution is 7.20. The van der Waals surface area contributed by atoms with Crippen LogP contribution in [0.15, 0.2) is 48.8 Å². The SMILES string of the molecule is NC(=O)c1cc[n+](-c2nc3ccccc3s2)cc1. The van der Waals surface area contributed by atoms with Crippen LogP contribution < -0.4 is 10.3 Å². The van der Waals surface area contributed by atoms with Crippen LogP contribution in [0.2, 0.25) is 0 Å². The number of benzene rings is 1. The predicted molar refractivity (Wildman–Crippen MR) is 69.7 cm³/mol. The molecule has 0 aliphatic carbocycles. The third-order valence-corrected chi connectivity index (χ3v) is 3.67. The van der Waals surface area contributed by atoms with Gasteiger partial charge in [0.1, 0.15) is 0 Å². The molecule has 18 heavy (non-hydrogen) atoms. The summed E-state index contributed by atoms with van der Waals surface area (Å²) in [6, 6.07) is 11.4. The van der Waals surface area contributed by atoms with Gasteiger partial charge < -0.3 is 5.73 Å². The molecule has 3 aromatic rings. The van der Waals surface area contributed by atoms with Gasteiger partial charge in [-0.1, -0.05) is 12.1 Å². The number of amides is 1. The summed E-state index contributed by atoms with van der Waals surface area (Å²) in [5, 5.41) is 0.868. The molecule has 0 unspecified atom stereocenters. The number of primary amides is 1. The number of aromatic nitrogens is 2. The summed E-state index contributed by atoms with van der Waals surface area (Å²) < 4.78 is 3.01. The van der Waals surface area contributed by atoms with Crippen molar-refractivity contribution in [3.63, 3.8) is 0 Å². The minimum atomic E-state index is -0.425. The summed E-state index contributed by atoms with van der Waals surface area (Å²) in [4.78, 5) is 15.5. The average Bonchev–Trinajstić information content (AvgIpc) is 2.82. The molecule has 2 N–H and O–H groups in total. The van der Waals surface area contributed by atoms with E-state index in [0.717, 1.165) is 15.3 Å². The minimum absolute atomic E-state index is 0.425. The molecule has 0 saturated heterocycles. The second-order valence-corrected chi connectivity index (χ2v) is 4.83. The third-order valence-electron chi connectivity index (χ3n) is 2.62. The Labute approximate surface area is 107 Å². The van der Waals surface area contributed by atoms with Crippen LogP contribution in [0.5, 0.6) is 0 Å². The number of nitrogens with two attached hydrogens (primary N) is 1. The molecule has 0 saturated carbocycles. The van der Waals surface area contributed by atoms with Crippen molar-refractivity contribution in [1.29, 1.82) is 0 Å². The zero-order chi connectivity index (χ0) is 12.5. The van der Waals surface area contributed by atoms with Gasteiger partial charge in [0.05, 0.1) is 17.1 Å². The van der Waals surface area contributed by atoms with Crippen molar-refractivity contribution in [3.8, 4) is 5.13 Å². The fourth-order valence-corrected chi connectivity index (χ4v) is 2.62. The van der Waals surface area contributed by atoms with Crippen LogP contribution in [0.25, 0.3) is 15.3 Å². The molecule has 5 heteroatoms. The van der Waals surface area contributed by atoms with Gasteiger partial charge >= 0.3 is 5.13 Å². The highest BCUT2D eigenvalue weighted by atomic mass is 32.1.